The third-order valence-corrected chi connectivity index (χ3v) is 4.96. The molecule has 2 aromatic carbocycles. The molecule has 0 spiro atoms. The topological polar surface area (TPSA) is 50.7 Å². The van der Waals surface area contributed by atoms with Gasteiger partial charge in [0.25, 0.3) is 0 Å². The van der Waals surface area contributed by atoms with Crippen molar-refractivity contribution in [2.75, 3.05) is 5.32 Å². The predicted octanol–water partition coefficient (Wildman–Crippen LogP) is 4.48. The van der Waals surface area contributed by atoms with Gasteiger partial charge in [-0.25, -0.2) is 4.98 Å². The van der Waals surface area contributed by atoms with Gasteiger partial charge < -0.3 is 5.32 Å². The molecule has 0 amide bonds. The third-order valence-electron chi connectivity index (χ3n) is 3.17. The van der Waals surface area contributed by atoms with Crippen LogP contribution in [0, 0.1) is 0 Å². The van der Waals surface area contributed by atoms with Crippen molar-refractivity contribution in [1.82, 2.24) is 15.2 Å². The van der Waals surface area contributed by atoms with Gasteiger partial charge in [0.05, 0.1) is 10.2 Å². The number of aromatic nitrogens is 3. The minimum absolute atomic E-state index is 0.782. The van der Waals surface area contributed by atoms with Gasteiger partial charge in [-0.05, 0) is 17.7 Å². The number of anilines is 2. The Kier molecular flexibility index (Phi) is 3.54. The predicted molar refractivity (Wildman–Crippen MR) is 92.1 cm³/mol. The van der Waals surface area contributed by atoms with E-state index in [0.717, 1.165) is 27.2 Å². The van der Waals surface area contributed by atoms with E-state index in [2.05, 4.69) is 38.7 Å². The molecule has 0 fully saturated rings. The van der Waals surface area contributed by atoms with E-state index in [-0.39, 0.29) is 0 Å². The molecule has 0 aliphatic rings. The summed E-state index contributed by atoms with van der Waals surface area (Å²) in [6.07, 6.45) is 0.806. The number of para-hydroxylation sites is 1. The lowest BCUT2D eigenvalue weighted by Gasteiger charge is -1.95. The number of nitrogens with one attached hydrogen (secondary N) is 1. The Bertz CT molecular complexity index is 866. The summed E-state index contributed by atoms with van der Waals surface area (Å²) in [6.45, 7) is 0. The fraction of sp³-hybridized carbons (Fsp3) is 0.0625. The van der Waals surface area contributed by atoms with Gasteiger partial charge in [-0.1, -0.05) is 65.1 Å². The number of hydrogen-bond acceptors (Lipinski definition) is 6. The summed E-state index contributed by atoms with van der Waals surface area (Å²) in [5.74, 6) is 0. The molecule has 0 aliphatic carbocycles. The number of benzene rings is 2. The average Bonchev–Trinajstić information content (AvgIpc) is 3.14. The first-order valence-electron chi connectivity index (χ1n) is 6.86. The van der Waals surface area contributed by atoms with E-state index in [1.54, 1.807) is 22.7 Å². The van der Waals surface area contributed by atoms with Gasteiger partial charge in [0.1, 0.15) is 5.01 Å². The number of hydrogen-bond donors (Lipinski definition) is 1. The van der Waals surface area contributed by atoms with E-state index < -0.39 is 0 Å². The first-order valence-corrected chi connectivity index (χ1v) is 8.49. The number of nitrogens with zero attached hydrogens (tertiary/aromatic N) is 3. The Morgan fingerprint density at radius 2 is 1.64 bits per heavy atom. The van der Waals surface area contributed by atoms with Gasteiger partial charge in [0, 0.05) is 6.42 Å². The van der Waals surface area contributed by atoms with Gasteiger partial charge in [-0.2, -0.15) is 0 Å². The van der Waals surface area contributed by atoms with Crippen LogP contribution in [0.2, 0.25) is 0 Å². The lowest BCUT2D eigenvalue weighted by Crippen LogP contribution is -1.87. The zero-order chi connectivity index (χ0) is 14.8. The first-order chi connectivity index (χ1) is 10.9. The molecular formula is C16H12N4S2. The number of thiazole rings is 1. The molecule has 2 aromatic heterocycles. The summed E-state index contributed by atoms with van der Waals surface area (Å²) >= 11 is 3.19. The summed E-state index contributed by atoms with van der Waals surface area (Å²) in [4.78, 5) is 4.55. The zero-order valence-electron chi connectivity index (χ0n) is 11.6. The molecule has 0 aliphatic heterocycles. The van der Waals surface area contributed by atoms with Crippen LogP contribution in [-0.2, 0) is 6.42 Å². The van der Waals surface area contributed by atoms with Crippen LogP contribution in [0.25, 0.3) is 10.2 Å². The number of rotatable bonds is 4. The van der Waals surface area contributed by atoms with Crippen molar-refractivity contribution in [1.29, 1.82) is 0 Å². The Morgan fingerprint density at radius 1 is 0.818 bits per heavy atom. The van der Waals surface area contributed by atoms with Crippen molar-refractivity contribution >= 4 is 43.2 Å². The molecule has 6 heteroatoms. The quantitative estimate of drug-likeness (QED) is 0.601. The van der Waals surface area contributed by atoms with E-state index in [0.29, 0.717) is 0 Å². The minimum atomic E-state index is 0.782. The summed E-state index contributed by atoms with van der Waals surface area (Å²) < 4.78 is 1.17. The van der Waals surface area contributed by atoms with Crippen molar-refractivity contribution in [2.24, 2.45) is 0 Å². The molecular weight excluding hydrogens is 312 g/mol. The smallest absolute Gasteiger partial charge is 0.211 e. The maximum Gasteiger partial charge on any atom is 0.211 e. The van der Waals surface area contributed by atoms with Crippen LogP contribution in [0.4, 0.5) is 10.3 Å². The Hall–Kier alpha value is -2.31. The van der Waals surface area contributed by atoms with E-state index in [1.807, 2.05) is 36.4 Å². The molecule has 2 heterocycles. The van der Waals surface area contributed by atoms with Crippen LogP contribution in [0.3, 0.4) is 0 Å². The molecule has 0 saturated heterocycles. The van der Waals surface area contributed by atoms with Gasteiger partial charge >= 0.3 is 0 Å². The molecule has 0 atom stereocenters. The van der Waals surface area contributed by atoms with E-state index in [9.17, 15) is 0 Å². The largest absolute Gasteiger partial charge is 0.306 e. The SMILES string of the molecule is c1ccc(Cc2nnc(Nc3nc4ccccc4s3)s2)cc1. The van der Waals surface area contributed by atoms with Crippen molar-refractivity contribution < 1.29 is 0 Å². The highest BCUT2D eigenvalue weighted by atomic mass is 32.1. The maximum atomic E-state index is 4.55. The van der Waals surface area contributed by atoms with Gasteiger partial charge in [-0.3, -0.25) is 0 Å². The molecule has 0 saturated carbocycles. The van der Waals surface area contributed by atoms with E-state index in [4.69, 9.17) is 0 Å². The fourth-order valence-electron chi connectivity index (χ4n) is 2.16. The van der Waals surface area contributed by atoms with Crippen LogP contribution < -0.4 is 5.32 Å². The normalized spacial score (nSPS) is 10.9. The highest BCUT2D eigenvalue weighted by Crippen LogP contribution is 2.29. The summed E-state index contributed by atoms with van der Waals surface area (Å²) in [5.41, 5.74) is 2.24. The Morgan fingerprint density at radius 3 is 2.50 bits per heavy atom. The molecule has 1 N–H and O–H groups in total. The van der Waals surface area contributed by atoms with Crippen molar-refractivity contribution in [3.8, 4) is 0 Å². The lowest BCUT2D eigenvalue weighted by molar-refractivity contribution is 1.01. The van der Waals surface area contributed by atoms with E-state index in [1.165, 1.54) is 10.3 Å². The standard InChI is InChI=1S/C16H12N4S2/c1-2-6-11(7-3-1)10-14-19-20-16(22-14)18-15-17-12-8-4-5-9-13(12)21-15/h1-9H,10H2,(H,17,18,20). The fourth-order valence-corrected chi connectivity index (χ4v) is 3.87. The molecule has 4 rings (SSSR count). The van der Waals surface area contributed by atoms with E-state index >= 15 is 0 Å². The highest BCUT2D eigenvalue weighted by molar-refractivity contribution is 7.22. The Balaban J connectivity index is 1.51. The second-order valence-corrected chi connectivity index (χ2v) is 6.87. The van der Waals surface area contributed by atoms with Crippen LogP contribution in [0.1, 0.15) is 10.6 Å². The van der Waals surface area contributed by atoms with Crippen LogP contribution in [0.15, 0.2) is 54.6 Å². The third kappa shape index (κ3) is 2.84. The van der Waals surface area contributed by atoms with Crippen molar-refractivity contribution in [3.63, 3.8) is 0 Å². The van der Waals surface area contributed by atoms with Crippen LogP contribution in [0.5, 0.6) is 0 Å². The minimum Gasteiger partial charge on any atom is -0.306 e. The monoisotopic (exact) mass is 324 g/mol. The van der Waals surface area contributed by atoms with Crippen molar-refractivity contribution in [3.05, 3.63) is 65.2 Å². The van der Waals surface area contributed by atoms with Crippen molar-refractivity contribution in [2.45, 2.75) is 6.42 Å². The number of fused-ring (bicyclic) bond motifs is 1. The van der Waals surface area contributed by atoms with Crippen LogP contribution in [-0.4, -0.2) is 15.2 Å². The lowest BCUT2D eigenvalue weighted by atomic mass is 10.2. The second-order valence-electron chi connectivity index (χ2n) is 4.78. The molecule has 0 radical (unpaired) electrons. The van der Waals surface area contributed by atoms with Gasteiger partial charge in [0.2, 0.25) is 5.13 Å². The molecule has 0 unspecified atom stereocenters. The Labute approximate surface area is 135 Å². The molecule has 4 nitrogen and oxygen atoms in total. The molecule has 4 aromatic rings. The maximum absolute atomic E-state index is 4.55. The summed E-state index contributed by atoms with van der Waals surface area (Å²) in [5, 5.41) is 14.3. The summed E-state index contributed by atoms with van der Waals surface area (Å²) in [6, 6.07) is 18.4. The highest BCUT2D eigenvalue weighted by Gasteiger charge is 2.08. The second kappa shape index (κ2) is 5.82. The molecule has 0 bridgehead atoms. The zero-order valence-corrected chi connectivity index (χ0v) is 13.2. The summed E-state index contributed by atoms with van der Waals surface area (Å²) in [7, 11) is 0. The van der Waals surface area contributed by atoms with Crippen LogP contribution >= 0.6 is 22.7 Å². The average molecular weight is 324 g/mol. The van der Waals surface area contributed by atoms with Gasteiger partial charge in [0.15, 0.2) is 5.13 Å². The molecule has 22 heavy (non-hydrogen) atoms. The molecule has 108 valence electrons. The van der Waals surface area contributed by atoms with Gasteiger partial charge in [-0.15, -0.1) is 10.2 Å². The first kappa shape index (κ1) is 13.4.